The van der Waals surface area contributed by atoms with Crippen molar-refractivity contribution in [2.24, 2.45) is 0 Å². The van der Waals surface area contributed by atoms with E-state index in [1.807, 2.05) is 6.92 Å². The van der Waals surface area contributed by atoms with Crippen molar-refractivity contribution >= 4 is 11.9 Å². The molecule has 1 heterocycles. The Balaban J connectivity index is 1.81. The SMILES string of the molecule is Cc1cc(NC(=O)NC2CCCC2)on1. The van der Waals surface area contributed by atoms with Crippen LogP contribution in [0, 0.1) is 6.92 Å². The van der Waals surface area contributed by atoms with Gasteiger partial charge in [0.05, 0.1) is 5.69 Å². The molecule has 1 saturated carbocycles. The maximum absolute atomic E-state index is 11.5. The molecular formula is C10H15N3O2. The van der Waals surface area contributed by atoms with Crippen LogP contribution >= 0.6 is 0 Å². The predicted octanol–water partition coefficient (Wildman–Crippen LogP) is 2.05. The van der Waals surface area contributed by atoms with E-state index in [1.165, 1.54) is 12.8 Å². The predicted molar refractivity (Wildman–Crippen MR) is 55.7 cm³/mol. The molecule has 15 heavy (non-hydrogen) atoms. The van der Waals surface area contributed by atoms with Crippen LogP contribution in [0.15, 0.2) is 10.6 Å². The van der Waals surface area contributed by atoms with E-state index in [1.54, 1.807) is 6.07 Å². The molecule has 2 amide bonds. The van der Waals surface area contributed by atoms with Crippen molar-refractivity contribution in [3.8, 4) is 0 Å². The molecule has 82 valence electrons. The minimum Gasteiger partial charge on any atom is -0.338 e. The summed E-state index contributed by atoms with van der Waals surface area (Å²) >= 11 is 0. The number of hydrogen-bond donors (Lipinski definition) is 2. The molecule has 1 aromatic rings. The van der Waals surface area contributed by atoms with Crippen molar-refractivity contribution in [1.29, 1.82) is 0 Å². The maximum atomic E-state index is 11.5. The van der Waals surface area contributed by atoms with Gasteiger partial charge in [0.1, 0.15) is 0 Å². The van der Waals surface area contributed by atoms with Crippen molar-refractivity contribution in [2.45, 2.75) is 38.6 Å². The van der Waals surface area contributed by atoms with Crippen molar-refractivity contribution in [1.82, 2.24) is 10.5 Å². The zero-order valence-electron chi connectivity index (χ0n) is 8.75. The fourth-order valence-corrected chi connectivity index (χ4v) is 1.83. The van der Waals surface area contributed by atoms with Gasteiger partial charge >= 0.3 is 6.03 Å². The first-order valence-electron chi connectivity index (χ1n) is 5.25. The van der Waals surface area contributed by atoms with Crippen molar-refractivity contribution in [3.05, 3.63) is 11.8 Å². The molecule has 0 saturated heterocycles. The number of aromatic nitrogens is 1. The average molecular weight is 209 g/mol. The highest BCUT2D eigenvalue weighted by atomic mass is 16.5. The normalized spacial score (nSPS) is 16.6. The minimum absolute atomic E-state index is 0.210. The van der Waals surface area contributed by atoms with Crippen LogP contribution in [-0.2, 0) is 0 Å². The monoisotopic (exact) mass is 209 g/mol. The Morgan fingerprint density at radius 3 is 2.87 bits per heavy atom. The Hall–Kier alpha value is -1.52. The van der Waals surface area contributed by atoms with Gasteiger partial charge < -0.3 is 9.84 Å². The van der Waals surface area contributed by atoms with Gasteiger partial charge in [-0.25, -0.2) is 4.79 Å². The van der Waals surface area contributed by atoms with E-state index >= 15 is 0 Å². The molecule has 1 aliphatic rings. The standard InChI is InChI=1S/C10H15N3O2/c1-7-6-9(15-13-7)12-10(14)11-8-4-2-3-5-8/h6,8H,2-5H2,1H3,(H2,11,12,14). The number of nitrogens with one attached hydrogen (secondary N) is 2. The first-order chi connectivity index (χ1) is 7.24. The lowest BCUT2D eigenvalue weighted by Crippen LogP contribution is -2.36. The third kappa shape index (κ3) is 2.71. The Kier molecular flexibility index (Phi) is 2.89. The molecule has 0 atom stereocenters. The minimum atomic E-state index is -0.210. The lowest BCUT2D eigenvalue weighted by Gasteiger charge is -2.10. The summed E-state index contributed by atoms with van der Waals surface area (Å²) < 4.78 is 4.88. The maximum Gasteiger partial charge on any atom is 0.321 e. The molecular weight excluding hydrogens is 194 g/mol. The Labute approximate surface area is 88.2 Å². The number of hydrogen-bond acceptors (Lipinski definition) is 3. The van der Waals surface area contributed by atoms with Gasteiger partial charge in [-0.15, -0.1) is 0 Å². The van der Waals surface area contributed by atoms with E-state index in [2.05, 4.69) is 15.8 Å². The zero-order valence-corrected chi connectivity index (χ0v) is 8.75. The van der Waals surface area contributed by atoms with Gasteiger partial charge in [-0.1, -0.05) is 18.0 Å². The van der Waals surface area contributed by atoms with Crippen LogP contribution in [-0.4, -0.2) is 17.2 Å². The van der Waals surface area contributed by atoms with Crippen LogP contribution in [0.5, 0.6) is 0 Å². The molecule has 0 radical (unpaired) electrons. The number of amides is 2. The second-order valence-electron chi connectivity index (χ2n) is 3.91. The first-order valence-corrected chi connectivity index (χ1v) is 5.25. The summed E-state index contributed by atoms with van der Waals surface area (Å²) in [4.78, 5) is 11.5. The highest BCUT2D eigenvalue weighted by molar-refractivity contribution is 5.87. The first kappa shape index (κ1) is 10.0. The van der Waals surface area contributed by atoms with Crippen molar-refractivity contribution < 1.29 is 9.32 Å². The summed E-state index contributed by atoms with van der Waals surface area (Å²) in [5.74, 6) is 0.392. The summed E-state index contributed by atoms with van der Waals surface area (Å²) in [7, 11) is 0. The van der Waals surface area contributed by atoms with Crippen LogP contribution in [0.2, 0.25) is 0 Å². The Morgan fingerprint density at radius 2 is 2.27 bits per heavy atom. The highest BCUT2D eigenvalue weighted by Crippen LogP contribution is 2.17. The van der Waals surface area contributed by atoms with E-state index in [4.69, 9.17) is 4.52 Å². The molecule has 0 aliphatic heterocycles. The fraction of sp³-hybridized carbons (Fsp3) is 0.600. The fourth-order valence-electron chi connectivity index (χ4n) is 1.83. The van der Waals surface area contributed by atoms with Gasteiger partial charge in [0.25, 0.3) is 0 Å². The topological polar surface area (TPSA) is 67.2 Å². The van der Waals surface area contributed by atoms with Crippen molar-refractivity contribution in [3.63, 3.8) is 0 Å². The Bertz CT molecular complexity index is 342. The van der Waals surface area contributed by atoms with E-state index < -0.39 is 0 Å². The molecule has 0 bridgehead atoms. The molecule has 0 spiro atoms. The molecule has 5 nitrogen and oxygen atoms in total. The van der Waals surface area contributed by atoms with Crippen LogP contribution in [0.3, 0.4) is 0 Å². The van der Waals surface area contributed by atoms with E-state index in [9.17, 15) is 4.79 Å². The lowest BCUT2D eigenvalue weighted by molar-refractivity contribution is 0.247. The largest absolute Gasteiger partial charge is 0.338 e. The van der Waals surface area contributed by atoms with Gasteiger partial charge in [0.2, 0.25) is 5.88 Å². The molecule has 1 aliphatic carbocycles. The van der Waals surface area contributed by atoms with Gasteiger partial charge in [-0.05, 0) is 19.8 Å². The quantitative estimate of drug-likeness (QED) is 0.783. The van der Waals surface area contributed by atoms with Crippen LogP contribution < -0.4 is 10.6 Å². The number of nitrogens with zero attached hydrogens (tertiary/aromatic N) is 1. The molecule has 0 aromatic carbocycles. The van der Waals surface area contributed by atoms with E-state index in [0.717, 1.165) is 18.5 Å². The summed E-state index contributed by atoms with van der Waals surface area (Å²) in [6, 6.07) is 1.79. The van der Waals surface area contributed by atoms with Crippen LogP contribution in [0.4, 0.5) is 10.7 Å². The number of carbonyl (C=O) groups is 1. The molecule has 1 aromatic heterocycles. The number of rotatable bonds is 2. The number of anilines is 1. The number of carbonyl (C=O) groups excluding carboxylic acids is 1. The van der Waals surface area contributed by atoms with Gasteiger partial charge in [0, 0.05) is 12.1 Å². The van der Waals surface area contributed by atoms with E-state index in [-0.39, 0.29) is 6.03 Å². The van der Waals surface area contributed by atoms with E-state index in [0.29, 0.717) is 11.9 Å². The lowest BCUT2D eigenvalue weighted by atomic mass is 10.2. The Morgan fingerprint density at radius 1 is 1.53 bits per heavy atom. The van der Waals surface area contributed by atoms with Crippen LogP contribution in [0.1, 0.15) is 31.4 Å². The number of aryl methyl sites for hydroxylation is 1. The molecule has 2 N–H and O–H groups in total. The summed E-state index contributed by atoms with van der Waals surface area (Å²) in [6.07, 6.45) is 4.55. The van der Waals surface area contributed by atoms with Crippen LogP contribution in [0.25, 0.3) is 0 Å². The second kappa shape index (κ2) is 4.33. The van der Waals surface area contributed by atoms with Gasteiger partial charge in [-0.2, -0.15) is 0 Å². The smallest absolute Gasteiger partial charge is 0.321 e. The third-order valence-electron chi connectivity index (χ3n) is 2.56. The number of urea groups is 1. The van der Waals surface area contributed by atoms with Crippen molar-refractivity contribution in [2.75, 3.05) is 5.32 Å². The molecule has 2 rings (SSSR count). The van der Waals surface area contributed by atoms with Gasteiger partial charge in [-0.3, -0.25) is 5.32 Å². The second-order valence-corrected chi connectivity index (χ2v) is 3.91. The average Bonchev–Trinajstić information content (AvgIpc) is 2.77. The third-order valence-corrected chi connectivity index (χ3v) is 2.56. The summed E-state index contributed by atoms with van der Waals surface area (Å²) in [6.45, 7) is 1.81. The zero-order chi connectivity index (χ0) is 10.7. The van der Waals surface area contributed by atoms with Gasteiger partial charge in [0.15, 0.2) is 0 Å². The molecule has 5 heteroatoms. The summed E-state index contributed by atoms with van der Waals surface area (Å²) in [5, 5.41) is 9.19. The highest BCUT2D eigenvalue weighted by Gasteiger charge is 2.17. The summed E-state index contributed by atoms with van der Waals surface area (Å²) in [5.41, 5.74) is 0.756. The molecule has 0 unspecified atom stereocenters. The molecule has 1 fully saturated rings.